The number of likely N-dealkylation sites (tertiary alicyclic amines) is 1. The van der Waals surface area contributed by atoms with E-state index in [0.29, 0.717) is 31.0 Å². The van der Waals surface area contributed by atoms with Gasteiger partial charge in [-0.15, -0.1) is 0 Å². The molecule has 1 saturated heterocycles. The lowest BCUT2D eigenvalue weighted by Gasteiger charge is -2.41. The van der Waals surface area contributed by atoms with Gasteiger partial charge in [0.25, 0.3) is 5.91 Å². The molecule has 0 radical (unpaired) electrons. The Hall–Kier alpha value is -2.83. The van der Waals surface area contributed by atoms with E-state index in [0.717, 1.165) is 36.3 Å². The first-order valence-corrected chi connectivity index (χ1v) is 9.73. The molecule has 1 atom stereocenters. The molecule has 148 valence electrons. The summed E-state index contributed by atoms with van der Waals surface area (Å²) in [6, 6.07) is 5.53. The van der Waals surface area contributed by atoms with Crippen molar-refractivity contribution < 1.29 is 14.0 Å². The monoisotopic (exact) mass is 382 g/mol. The van der Waals surface area contributed by atoms with Gasteiger partial charge in [0.1, 0.15) is 5.76 Å². The molecule has 0 aromatic carbocycles. The highest BCUT2D eigenvalue weighted by Gasteiger charge is 2.44. The van der Waals surface area contributed by atoms with Gasteiger partial charge < -0.3 is 14.6 Å². The number of rotatable bonds is 5. The predicted molar refractivity (Wildman–Crippen MR) is 104 cm³/mol. The van der Waals surface area contributed by atoms with Gasteiger partial charge in [-0.2, -0.15) is 5.10 Å². The third-order valence-corrected chi connectivity index (χ3v) is 5.94. The van der Waals surface area contributed by atoms with Gasteiger partial charge in [-0.3, -0.25) is 14.3 Å². The second kappa shape index (κ2) is 6.96. The van der Waals surface area contributed by atoms with Crippen LogP contribution in [0.4, 0.5) is 0 Å². The van der Waals surface area contributed by atoms with Crippen LogP contribution in [0.2, 0.25) is 0 Å². The molecule has 1 unspecified atom stereocenters. The minimum absolute atomic E-state index is 0.141. The summed E-state index contributed by atoms with van der Waals surface area (Å²) >= 11 is 0. The Labute approximate surface area is 164 Å². The highest BCUT2D eigenvalue weighted by molar-refractivity contribution is 5.91. The fourth-order valence-corrected chi connectivity index (χ4v) is 4.40. The van der Waals surface area contributed by atoms with Crippen molar-refractivity contribution in [3.63, 3.8) is 0 Å². The zero-order valence-electron chi connectivity index (χ0n) is 16.6. The van der Waals surface area contributed by atoms with Crippen LogP contribution in [0.1, 0.15) is 53.4 Å². The van der Waals surface area contributed by atoms with Gasteiger partial charge >= 0.3 is 0 Å². The van der Waals surface area contributed by atoms with Crippen LogP contribution >= 0.6 is 0 Å². The SMILES string of the molecule is Cc1cc(C)n(Cc2ccc(C(=O)NCC34CCC=C3N(C)C(=O)CC4)o2)n1. The van der Waals surface area contributed by atoms with Crippen LogP contribution in [0, 0.1) is 19.3 Å². The van der Waals surface area contributed by atoms with Crippen molar-refractivity contribution in [3.8, 4) is 0 Å². The molecule has 2 aromatic heterocycles. The van der Waals surface area contributed by atoms with Crippen molar-refractivity contribution >= 4 is 11.8 Å². The summed E-state index contributed by atoms with van der Waals surface area (Å²) in [6.45, 7) is 4.96. The van der Waals surface area contributed by atoms with E-state index in [-0.39, 0.29) is 17.2 Å². The number of piperidine rings is 1. The number of aromatic nitrogens is 2. The first-order valence-electron chi connectivity index (χ1n) is 9.73. The third kappa shape index (κ3) is 3.25. The quantitative estimate of drug-likeness (QED) is 0.862. The topological polar surface area (TPSA) is 80.4 Å². The highest BCUT2D eigenvalue weighted by Crippen LogP contribution is 2.46. The second-order valence-corrected chi connectivity index (χ2v) is 7.89. The molecule has 0 spiro atoms. The smallest absolute Gasteiger partial charge is 0.287 e. The number of carbonyl (C=O) groups excluding carboxylic acids is 2. The van der Waals surface area contributed by atoms with E-state index in [1.807, 2.05) is 37.7 Å². The van der Waals surface area contributed by atoms with Gasteiger partial charge in [-0.05, 0) is 51.3 Å². The Balaban J connectivity index is 1.41. The summed E-state index contributed by atoms with van der Waals surface area (Å²) < 4.78 is 7.61. The van der Waals surface area contributed by atoms with E-state index in [9.17, 15) is 9.59 Å². The molecule has 7 nitrogen and oxygen atoms in total. The van der Waals surface area contributed by atoms with Gasteiger partial charge in [0.15, 0.2) is 5.76 Å². The number of amides is 2. The molecular formula is C21H26N4O3. The van der Waals surface area contributed by atoms with E-state index >= 15 is 0 Å². The number of nitrogens with one attached hydrogen (secondary N) is 1. The molecule has 2 amide bonds. The third-order valence-electron chi connectivity index (χ3n) is 5.94. The van der Waals surface area contributed by atoms with Crippen LogP contribution in [0.25, 0.3) is 0 Å². The average molecular weight is 382 g/mol. The first kappa shape index (κ1) is 18.5. The van der Waals surface area contributed by atoms with Crippen LogP contribution in [0.15, 0.2) is 34.4 Å². The Kier molecular flexibility index (Phi) is 4.61. The minimum Gasteiger partial charge on any atom is -0.454 e. The lowest BCUT2D eigenvalue weighted by Crippen LogP contribution is -2.46. The molecule has 4 rings (SSSR count). The molecule has 0 bridgehead atoms. The maximum Gasteiger partial charge on any atom is 0.287 e. The Bertz CT molecular complexity index is 955. The van der Waals surface area contributed by atoms with E-state index < -0.39 is 0 Å². The normalized spacial score (nSPS) is 21.6. The number of nitrogens with zero attached hydrogens (tertiary/aromatic N) is 3. The van der Waals surface area contributed by atoms with Crippen molar-refractivity contribution in [2.75, 3.05) is 13.6 Å². The molecule has 7 heteroatoms. The van der Waals surface area contributed by atoms with Crippen molar-refractivity contribution in [2.24, 2.45) is 5.41 Å². The summed E-state index contributed by atoms with van der Waals surface area (Å²) in [5, 5.41) is 7.45. The zero-order chi connectivity index (χ0) is 19.9. The molecule has 1 aliphatic carbocycles. The van der Waals surface area contributed by atoms with Gasteiger partial charge in [-0.1, -0.05) is 6.08 Å². The summed E-state index contributed by atoms with van der Waals surface area (Å²) in [4.78, 5) is 26.4. The lowest BCUT2D eigenvalue weighted by molar-refractivity contribution is -0.131. The van der Waals surface area contributed by atoms with Crippen LogP contribution in [-0.4, -0.2) is 40.1 Å². The van der Waals surface area contributed by atoms with Crippen molar-refractivity contribution in [1.82, 2.24) is 20.0 Å². The minimum atomic E-state index is -0.222. The summed E-state index contributed by atoms with van der Waals surface area (Å²) in [6.07, 6.45) is 5.33. The van der Waals surface area contributed by atoms with Crippen molar-refractivity contribution in [2.45, 2.75) is 46.1 Å². The molecule has 3 heterocycles. The molecule has 1 aliphatic heterocycles. The number of hydrogen-bond donors (Lipinski definition) is 1. The summed E-state index contributed by atoms with van der Waals surface area (Å²) in [5.41, 5.74) is 2.92. The fraction of sp³-hybridized carbons (Fsp3) is 0.476. The standard InChI is InChI=1S/C21H26N4O3/c1-14-11-15(2)25(23-14)12-16-6-7-17(28-16)20(27)22-13-21-9-4-5-18(21)24(3)19(26)8-10-21/h5-7,11H,4,8-10,12-13H2,1-3H3,(H,22,27). The van der Waals surface area contributed by atoms with Crippen molar-refractivity contribution in [1.29, 1.82) is 0 Å². The molecule has 1 N–H and O–H groups in total. The van der Waals surface area contributed by atoms with E-state index in [2.05, 4.69) is 16.5 Å². The number of aryl methyl sites for hydroxylation is 2. The van der Waals surface area contributed by atoms with Crippen LogP contribution in [0.3, 0.4) is 0 Å². The fourth-order valence-electron chi connectivity index (χ4n) is 4.40. The van der Waals surface area contributed by atoms with Gasteiger partial charge in [0, 0.05) is 36.8 Å². The number of allylic oxidation sites excluding steroid dienone is 1. The predicted octanol–water partition coefficient (Wildman–Crippen LogP) is 2.79. The number of furan rings is 1. The average Bonchev–Trinajstić information content (AvgIpc) is 3.37. The first-order chi connectivity index (χ1) is 13.4. The van der Waals surface area contributed by atoms with E-state index in [4.69, 9.17) is 4.42 Å². The maximum atomic E-state index is 12.6. The van der Waals surface area contributed by atoms with Gasteiger partial charge in [-0.25, -0.2) is 0 Å². The van der Waals surface area contributed by atoms with Crippen LogP contribution in [-0.2, 0) is 11.3 Å². The molecule has 2 aromatic rings. The van der Waals surface area contributed by atoms with Crippen molar-refractivity contribution in [3.05, 3.63) is 52.9 Å². The molecule has 0 saturated carbocycles. The summed E-state index contributed by atoms with van der Waals surface area (Å²) in [7, 11) is 1.83. The molecule has 1 fully saturated rings. The Morgan fingerprint density at radius 1 is 1.32 bits per heavy atom. The van der Waals surface area contributed by atoms with Gasteiger partial charge in [0.05, 0.1) is 12.2 Å². The Morgan fingerprint density at radius 3 is 2.89 bits per heavy atom. The largest absolute Gasteiger partial charge is 0.454 e. The van der Waals surface area contributed by atoms with Crippen LogP contribution < -0.4 is 5.32 Å². The van der Waals surface area contributed by atoms with E-state index in [1.165, 1.54) is 0 Å². The maximum absolute atomic E-state index is 12.6. The van der Waals surface area contributed by atoms with Crippen LogP contribution in [0.5, 0.6) is 0 Å². The summed E-state index contributed by atoms with van der Waals surface area (Å²) in [5.74, 6) is 0.922. The highest BCUT2D eigenvalue weighted by atomic mass is 16.4. The van der Waals surface area contributed by atoms with Gasteiger partial charge in [0.2, 0.25) is 5.91 Å². The zero-order valence-corrected chi connectivity index (χ0v) is 16.6. The number of hydrogen-bond acceptors (Lipinski definition) is 4. The molecular weight excluding hydrogens is 356 g/mol. The second-order valence-electron chi connectivity index (χ2n) is 7.89. The molecule has 28 heavy (non-hydrogen) atoms. The number of fused-ring (bicyclic) bond motifs is 1. The lowest BCUT2D eigenvalue weighted by atomic mass is 9.77. The van der Waals surface area contributed by atoms with E-state index in [1.54, 1.807) is 11.0 Å². The Morgan fingerprint density at radius 2 is 2.14 bits per heavy atom. The number of carbonyl (C=O) groups is 2. The molecule has 2 aliphatic rings.